The molecule has 0 aliphatic rings. The lowest BCUT2D eigenvalue weighted by Gasteiger charge is -1.98. The molecule has 0 spiro atoms. The van der Waals surface area contributed by atoms with Crippen LogP contribution in [0.3, 0.4) is 0 Å². The Morgan fingerprint density at radius 1 is 1.42 bits per heavy atom. The molecule has 0 aliphatic heterocycles. The van der Waals surface area contributed by atoms with Gasteiger partial charge in [0.15, 0.2) is 0 Å². The van der Waals surface area contributed by atoms with Crippen molar-refractivity contribution < 1.29 is 4.79 Å². The van der Waals surface area contributed by atoms with Crippen molar-refractivity contribution in [3.05, 3.63) is 34.9 Å². The van der Waals surface area contributed by atoms with Gasteiger partial charge < -0.3 is 5.73 Å². The zero-order valence-electron chi connectivity index (χ0n) is 6.33. The van der Waals surface area contributed by atoms with Gasteiger partial charge in [-0.05, 0) is 29.8 Å². The molecular weight excluding hydrogens is 174 g/mol. The summed E-state index contributed by atoms with van der Waals surface area (Å²) < 4.78 is 0. The van der Waals surface area contributed by atoms with E-state index < -0.39 is 0 Å². The molecule has 0 aliphatic carbocycles. The van der Waals surface area contributed by atoms with Gasteiger partial charge in [0.2, 0.25) is 0 Å². The molecule has 0 saturated heterocycles. The monoisotopic (exact) mass is 181 g/mol. The van der Waals surface area contributed by atoms with Crippen LogP contribution >= 0.6 is 11.6 Å². The van der Waals surface area contributed by atoms with Crippen molar-refractivity contribution in [2.45, 2.75) is 0 Å². The van der Waals surface area contributed by atoms with Gasteiger partial charge in [0.1, 0.15) is 6.29 Å². The molecular formula is C9H8ClNO. The lowest BCUT2D eigenvalue weighted by atomic mass is 10.2. The highest BCUT2D eigenvalue weighted by molar-refractivity contribution is 6.32. The summed E-state index contributed by atoms with van der Waals surface area (Å²) in [5, 5.41) is 0.585. The first-order valence-electron chi connectivity index (χ1n) is 3.41. The standard InChI is InChI=1S/C9H8ClNO/c10-9-4-3-8(11)6-7(9)2-1-5-12/h1-6H,11H2. The maximum Gasteiger partial charge on any atom is 0.142 e. The number of halogens is 1. The van der Waals surface area contributed by atoms with Gasteiger partial charge in [-0.3, -0.25) is 4.79 Å². The maximum absolute atomic E-state index is 10.0. The first-order chi connectivity index (χ1) is 5.74. The van der Waals surface area contributed by atoms with Crippen LogP contribution in [-0.4, -0.2) is 6.29 Å². The SMILES string of the molecule is Nc1ccc(Cl)c(C=CC=O)c1. The summed E-state index contributed by atoms with van der Waals surface area (Å²) in [4.78, 5) is 10.0. The van der Waals surface area contributed by atoms with Crippen LogP contribution in [0.25, 0.3) is 6.08 Å². The van der Waals surface area contributed by atoms with Crippen molar-refractivity contribution >= 4 is 29.7 Å². The Kier molecular flexibility index (Phi) is 2.88. The average Bonchev–Trinajstić information content (AvgIpc) is 2.07. The molecule has 0 aromatic heterocycles. The zero-order chi connectivity index (χ0) is 8.97. The molecule has 1 aromatic rings. The third-order valence-electron chi connectivity index (χ3n) is 1.37. The van der Waals surface area contributed by atoms with Crippen LogP contribution in [-0.2, 0) is 4.79 Å². The molecule has 62 valence electrons. The smallest absolute Gasteiger partial charge is 0.142 e. The second-order valence-corrected chi connectivity index (χ2v) is 2.68. The number of aldehydes is 1. The van der Waals surface area contributed by atoms with E-state index in [9.17, 15) is 4.79 Å². The molecule has 0 bridgehead atoms. The average molecular weight is 182 g/mol. The molecule has 0 unspecified atom stereocenters. The van der Waals surface area contributed by atoms with Crippen LogP contribution < -0.4 is 5.73 Å². The molecule has 0 amide bonds. The summed E-state index contributed by atoms with van der Waals surface area (Å²) in [6, 6.07) is 5.12. The number of anilines is 1. The summed E-state index contributed by atoms with van der Waals surface area (Å²) >= 11 is 5.81. The quantitative estimate of drug-likeness (QED) is 0.432. The number of hydrogen-bond donors (Lipinski definition) is 1. The Hall–Kier alpha value is -1.28. The van der Waals surface area contributed by atoms with Gasteiger partial charge in [-0.25, -0.2) is 0 Å². The molecule has 2 N–H and O–H groups in total. The zero-order valence-corrected chi connectivity index (χ0v) is 7.08. The highest BCUT2D eigenvalue weighted by Crippen LogP contribution is 2.19. The normalized spacial score (nSPS) is 10.4. The first-order valence-corrected chi connectivity index (χ1v) is 3.78. The third kappa shape index (κ3) is 2.10. The number of nitrogen functional groups attached to an aromatic ring is 1. The van der Waals surface area contributed by atoms with Gasteiger partial charge in [-0.15, -0.1) is 0 Å². The predicted molar refractivity (Wildman–Crippen MR) is 51.0 cm³/mol. The van der Waals surface area contributed by atoms with Crippen molar-refractivity contribution in [3.63, 3.8) is 0 Å². The molecule has 0 atom stereocenters. The highest BCUT2D eigenvalue weighted by Gasteiger charge is 1.95. The number of carbonyl (C=O) groups excluding carboxylic acids is 1. The van der Waals surface area contributed by atoms with Crippen molar-refractivity contribution in [1.82, 2.24) is 0 Å². The summed E-state index contributed by atoms with van der Waals surface area (Å²) in [6.45, 7) is 0. The second-order valence-electron chi connectivity index (χ2n) is 2.28. The van der Waals surface area contributed by atoms with Crippen LogP contribution in [0.4, 0.5) is 5.69 Å². The highest BCUT2D eigenvalue weighted by atomic mass is 35.5. The molecule has 1 rings (SSSR count). The fraction of sp³-hybridized carbons (Fsp3) is 0. The van der Waals surface area contributed by atoms with Crippen LogP contribution in [0.1, 0.15) is 5.56 Å². The largest absolute Gasteiger partial charge is 0.399 e. The van der Waals surface area contributed by atoms with Gasteiger partial charge in [-0.1, -0.05) is 17.7 Å². The molecule has 0 saturated carbocycles. The molecule has 0 fully saturated rings. The fourth-order valence-electron chi connectivity index (χ4n) is 0.833. The van der Waals surface area contributed by atoms with E-state index in [-0.39, 0.29) is 0 Å². The minimum absolute atomic E-state index is 0.585. The van der Waals surface area contributed by atoms with E-state index in [1.807, 2.05) is 0 Å². The Labute approximate surface area is 75.6 Å². The summed E-state index contributed by atoms with van der Waals surface area (Å²) in [7, 11) is 0. The Morgan fingerprint density at radius 3 is 2.83 bits per heavy atom. The summed E-state index contributed by atoms with van der Waals surface area (Å²) in [6.07, 6.45) is 3.69. The minimum atomic E-state index is 0.585. The van der Waals surface area contributed by atoms with E-state index in [1.165, 1.54) is 6.08 Å². The first kappa shape index (κ1) is 8.81. The van der Waals surface area contributed by atoms with Gasteiger partial charge in [-0.2, -0.15) is 0 Å². The van der Waals surface area contributed by atoms with E-state index in [0.717, 1.165) is 5.56 Å². The van der Waals surface area contributed by atoms with E-state index in [4.69, 9.17) is 17.3 Å². The van der Waals surface area contributed by atoms with Crippen LogP contribution in [0.5, 0.6) is 0 Å². The van der Waals surface area contributed by atoms with E-state index in [1.54, 1.807) is 24.3 Å². The molecule has 12 heavy (non-hydrogen) atoms. The van der Waals surface area contributed by atoms with E-state index in [2.05, 4.69) is 0 Å². The lowest BCUT2D eigenvalue weighted by Crippen LogP contribution is -1.85. The molecule has 2 nitrogen and oxygen atoms in total. The number of nitrogens with two attached hydrogens (primary N) is 1. The Morgan fingerprint density at radius 2 is 2.17 bits per heavy atom. The van der Waals surface area contributed by atoms with Gasteiger partial charge in [0.25, 0.3) is 0 Å². The van der Waals surface area contributed by atoms with E-state index >= 15 is 0 Å². The number of rotatable bonds is 2. The molecule has 0 heterocycles. The number of hydrogen-bond acceptors (Lipinski definition) is 2. The lowest BCUT2D eigenvalue weighted by molar-refractivity contribution is -0.104. The van der Waals surface area contributed by atoms with Crippen LogP contribution in [0.15, 0.2) is 24.3 Å². The van der Waals surface area contributed by atoms with Crippen molar-refractivity contribution in [2.24, 2.45) is 0 Å². The van der Waals surface area contributed by atoms with Crippen LogP contribution in [0, 0.1) is 0 Å². The number of carbonyl (C=O) groups is 1. The second kappa shape index (κ2) is 3.93. The Balaban J connectivity index is 3.04. The molecule has 1 aromatic carbocycles. The molecule has 0 radical (unpaired) electrons. The number of benzene rings is 1. The third-order valence-corrected chi connectivity index (χ3v) is 1.72. The Bertz CT molecular complexity index is 320. The minimum Gasteiger partial charge on any atom is -0.399 e. The van der Waals surface area contributed by atoms with Crippen molar-refractivity contribution in [1.29, 1.82) is 0 Å². The van der Waals surface area contributed by atoms with Gasteiger partial charge >= 0.3 is 0 Å². The topological polar surface area (TPSA) is 43.1 Å². The van der Waals surface area contributed by atoms with E-state index in [0.29, 0.717) is 17.0 Å². The van der Waals surface area contributed by atoms with Gasteiger partial charge in [0, 0.05) is 10.7 Å². The summed E-state index contributed by atoms with van der Waals surface area (Å²) in [5.74, 6) is 0. The predicted octanol–water partition coefficient (Wildman–Crippen LogP) is 2.13. The van der Waals surface area contributed by atoms with Gasteiger partial charge in [0.05, 0.1) is 0 Å². The number of allylic oxidation sites excluding steroid dienone is 1. The molecule has 3 heteroatoms. The van der Waals surface area contributed by atoms with Crippen molar-refractivity contribution in [2.75, 3.05) is 5.73 Å². The summed E-state index contributed by atoms with van der Waals surface area (Å²) in [5.41, 5.74) is 6.90. The maximum atomic E-state index is 10.0. The fourth-order valence-corrected chi connectivity index (χ4v) is 1.01. The van der Waals surface area contributed by atoms with Crippen LogP contribution in [0.2, 0.25) is 5.02 Å². The van der Waals surface area contributed by atoms with Crippen molar-refractivity contribution in [3.8, 4) is 0 Å².